The van der Waals surface area contributed by atoms with E-state index >= 15 is 0 Å². The fourth-order valence-corrected chi connectivity index (χ4v) is 3.86. The minimum atomic E-state index is -0.729. The molecule has 0 bridgehead atoms. The monoisotopic (exact) mass is 439 g/mol. The van der Waals surface area contributed by atoms with Crippen molar-refractivity contribution in [1.29, 1.82) is 0 Å². The lowest BCUT2D eigenvalue weighted by molar-refractivity contribution is 0.140. The number of halogens is 3. The first-order chi connectivity index (χ1) is 14.4. The highest BCUT2D eigenvalue weighted by atomic mass is 35.5. The van der Waals surface area contributed by atoms with Crippen LogP contribution < -0.4 is 15.4 Å². The number of β-amino-alcohol motifs (C(OH)–C–C–N with tert-alkyl or cyclic N) is 1. The van der Waals surface area contributed by atoms with Crippen LogP contribution >= 0.6 is 11.6 Å². The molecule has 3 rings (SSSR count). The third kappa shape index (κ3) is 5.38. The largest absolute Gasteiger partial charge is 0.497 e. The average Bonchev–Trinajstić information content (AvgIpc) is 2.71. The Morgan fingerprint density at radius 3 is 2.53 bits per heavy atom. The number of nitrogens with zero attached hydrogens (tertiary/aromatic N) is 1. The number of methoxy groups -OCH3 is 1. The topological polar surface area (TPSA) is 73.8 Å². The normalized spacial score (nSPS) is 19.4. The number of likely N-dealkylation sites (tertiary alicyclic amines) is 1. The van der Waals surface area contributed by atoms with Crippen LogP contribution in [-0.2, 0) is 0 Å². The second kappa shape index (κ2) is 10.1. The lowest BCUT2D eigenvalue weighted by atomic mass is 9.85. The number of anilines is 1. The Balaban J connectivity index is 1.81. The van der Waals surface area contributed by atoms with E-state index in [2.05, 4.69) is 10.6 Å². The van der Waals surface area contributed by atoms with Gasteiger partial charge in [0.2, 0.25) is 0 Å². The van der Waals surface area contributed by atoms with Gasteiger partial charge in [0.1, 0.15) is 17.4 Å². The average molecular weight is 440 g/mol. The van der Waals surface area contributed by atoms with E-state index in [1.165, 1.54) is 7.11 Å². The molecule has 2 aromatic rings. The van der Waals surface area contributed by atoms with E-state index in [9.17, 15) is 18.7 Å². The van der Waals surface area contributed by atoms with Gasteiger partial charge in [0.15, 0.2) is 0 Å². The van der Waals surface area contributed by atoms with Crippen LogP contribution in [0.25, 0.3) is 0 Å². The molecule has 0 saturated carbocycles. The number of ether oxygens (including phenoxy) is 1. The van der Waals surface area contributed by atoms with Gasteiger partial charge >= 0.3 is 6.03 Å². The fourth-order valence-electron chi connectivity index (χ4n) is 3.73. The highest BCUT2D eigenvalue weighted by Gasteiger charge is 2.35. The summed E-state index contributed by atoms with van der Waals surface area (Å²) >= 11 is 5.85. The lowest BCUT2D eigenvalue weighted by Gasteiger charge is -2.39. The zero-order valence-electron chi connectivity index (χ0n) is 16.5. The molecule has 1 fully saturated rings. The van der Waals surface area contributed by atoms with Gasteiger partial charge in [-0.25, -0.2) is 13.6 Å². The molecular weight excluding hydrogens is 416 g/mol. The van der Waals surface area contributed by atoms with Crippen LogP contribution in [0, 0.1) is 11.6 Å². The summed E-state index contributed by atoms with van der Waals surface area (Å²) in [7, 11) is 1.34. The second-order valence-electron chi connectivity index (χ2n) is 7.14. The summed E-state index contributed by atoms with van der Waals surface area (Å²) < 4.78 is 34.5. The summed E-state index contributed by atoms with van der Waals surface area (Å²) in [6.07, 6.45) is 0.476. The van der Waals surface area contributed by atoms with E-state index in [1.54, 1.807) is 24.3 Å². The van der Waals surface area contributed by atoms with E-state index in [-0.39, 0.29) is 17.9 Å². The summed E-state index contributed by atoms with van der Waals surface area (Å²) in [6.45, 7) is 1.21. The van der Waals surface area contributed by atoms with Crippen molar-refractivity contribution < 1.29 is 23.4 Å². The first-order valence-electron chi connectivity index (χ1n) is 9.60. The van der Waals surface area contributed by atoms with E-state index < -0.39 is 29.6 Å². The summed E-state index contributed by atoms with van der Waals surface area (Å²) in [5.41, 5.74) is 0.447. The number of hydrogen-bond acceptors (Lipinski definition) is 4. The number of aliphatic hydroxyl groups is 1. The van der Waals surface area contributed by atoms with Crippen molar-refractivity contribution >= 4 is 23.3 Å². The molecular formula is C21H24ClF2N3O3. The molecule has 3 N–H and O–H groups in total. The van der Waals surface area contributed by atoms with E-state index in [1.807, 2.05) is 4.90 Å². The van der Waals surface area contributed by atoms with E-state index in [0.29, 0.717) is 36.8 Å². The number of hydrogen-bond donors (Lipinski definition) is 3. The van der Waals surface area contributed by atoms with Crippen LogP contribution in [0.4, 0.5) is 19.3 Å². The Labute approximate surface area is 178 Å². The van der Waals surface area contributed by atoms with Gasteiger partial charge < -0.3 is 25.4 Å². The standard InChI is InChI=1S/C21H24ClF2N3O3/c1-30-15-10-17(23)20(18(24)11-15)16-12-27(8-9-28)7-6-19(16)26-21(29)25-14-4-2-13(22)3-5-14/h2-5,10-11,16,19,28H,6-9,12H2,1H3,(H2,25,26,29). The first-order valence-corrected chi connectivity index (χ1v) is 9.98. The molecule has 0 radical (unpaired) electrons. The summed E-state index contributed by atoms with van der Waals surface area (Å²) in [5.74, 6) is -2.01. The third-order valence-corrected chi connectivity index (χ3v) is 5.44. The highest BCUT2D eigenvalue weighted by molar-refractivity contribution is 6.30. The SMILES string of the molecule is COc1cc(F)c(C2CN(CCO)CCC2NC(=O)Nc2ccc(Cl)cc2)c(F)c1. The molecule has 0 spiro atoms. The molecule has 1 heterocycles. The molecule has 2 aromatic carbocycles. The van der Waals surface area contributed by atoms with E-state index in [4.69, 9.17) is 16.3 Å². The molecule has 2 amide bonds. The predicted octanol–water partition coefficient (Wildman–Crippen LogP) is 3.60. The number of carbonyl (C=O) groups is 1. The van der Waals surface area contributed by atoms with Gasteiger partial charge in [-0.2, -0.15) is 0 Å². The summed E-state index contributed by atoms with van der Waals surface area (Å²) in [6, 6.07) is 7.91. The van der Waals surface area contributed by atoms with Crippen LogP contribution in [0.1, 0.15) is 17.9 Å². The molecule has 0 aromatic heterocycles. The number of carbonyl (C=O) groups excluding carboxylic acids is 1. The number of piperidine rings is 1. The third-order valence-electron chi connectivity index (χ3n) is 5.19. The van der Waals surface area contributed by atoms with Gasteiger partial charge in [-0.15, -0.1) is 0 Å². The van der Waals surface area contributed by atoms with Crippen molar-refractivity contribution in [3.8, 4) is 5.75 Å². The number of aliphatic hydroxyl groups excluding tert-OH is 1. The predicted molar refractivity (Wildman–Crippen MR) is 111 cm³/mol. The zero-order valence-corrected chi connectivity index (χ0v) is 17.3. The quantitative estimate of drug-likeness (QED) is 0.643. The Bertz CT molecular complexity index is 859. The molecule has 1 aliphatic rings. The molecule has 1 saturated heterocycles. The minimum absolute atomic E-state index is 0.0601. The number of benzene rings is 2. The zero-order chi connectivity index (χ0) is 21.7. The van der Waals surface area contributed by atoms with Crippen LogP contribution in [0.2, 0.25) is 5.02 Å². The smallest absolute Gasteiger partial charge is 0.319 e. The van der Waals surface area contributed by atoms with Gasteiger partial charge in [0, 0.05) is 60.0 Å². The molecule has 2 unspecified atom stereocenters. The maximum Gasteiger partial charge on any atom is 0.319 e. The molecule has 1 aliphatic heterocycles. The molecule has 162 valence electrons. The Morgan fingerprint density at radius 1 is 1.27 bits per heavy atom. The lowest BCUT2D eigenvalue weighted by Crippen LogP contribution is -2.51. The van der Waals surface area contributed by atoms with Crippen molar-refractivity contribution in [3.63, 3.8) is 0 Å². The summed E-state index contributed by atoms with van der Waals surface area (Å²) in [5, 5.41) is 15.3. The first kappa shape index (κ1) is 22.3. The number of urea groups is 1. The van der Waals surface area contributed by atoms with Crippen molar-refractivity contribution in [3.05, 3.63) is 58.6 Å². The van der Waals surface area contributed by atoms with Crippen LogP contribution in [-0.4, -0.2) is 55.4 Å². The maximum absolute atomic E-state index is 14.8. The van der Waals surface area contributed by atoms with Gasteiger partial charge in [-0.05, 0) is 30.7 Å². The van der Waals surface area contributed by atoms with Crippen molar-refractivity contribution in [2.45, 2.75) is 18.4 Å². The number of rotatable bonds is 6. The van der Waals surface area contributed by atoms with Crippen LogP contribution in [0.15, 0.2) is 36.4 Å². The Morgan fingerprint density at radius 2 is 1.93 bits per heavy atom. The molecule has 2 atom stereocenters. The van der Waals surface area contributed by atoms with E-state index in [0.717, 1.165) is 12.1 Å². The molecule has 30 heavy (non-hydrogen) atoms. The van der Waals surface area contributed by atoms with Crippen molar-refractivity contribution in [1.82, 2.24) is 10.2 Å². The molecule has 6 nitrogen and oxygen atoms in total. The molecule has 0 aliphatic carbocycles. The van der Waals surface area contributed by atoms with Crippen LogP contribution in [0.5, 0.6) is 5.75 Å². The van der Waals surface area contributed by atoms with Gasteiger partial charge in [0.05, 0.1) is 13.7 Å². The van der Waals surface area contributed by atoms with Crippen molar-refractivity contribution in [2.24, 2.45) is 0 Å². The second-order valence-corrected chi connectivity index (χ2v) is 7.57. The fraction of sp³-hybridized carbons (Fsp3) is 0.381. The maximum atomic E-state index is 14.8. The number of amides is 2. The highest BCUT2D eigenvalue weighted by Crippen LogP contribution is 2.33. The van der Waals surface area contributed by atoms with Gasteiger partial charge in [0.25, 0.3) is 0 Å². The van der Waals surface area contributed by atoms with Crippen LogP contribution in [0.3, 0.4) is 0 Å². The summed E-state index contributed by atoms with van der Waals surface area (Å²) in [4.78, 5) is 14.4. The van der Waals surface area contributed by atoms with Gasteiger partial charge in [-0.3, -0.25) is 0 Å². The Hall–Kier alpha value is -2.42. The minimum Gasteiger partial charge on any atom is -0.497 e. The number of nitrogens with one attached hydrogen (secondary N) is 2. The van der Waals surface area contributed by atoms with Gasteiger partial charge in [-0.1, -0.05) is 11.6 Å². The van der Waals surface area contributed by atoms with Crippen molar-refractivity contribution in [2.75, 3.05) is 38.7 Å². The Kier molecular flexibility index (Phi) is 7.47. The molecule has 9 heteroatoms.